The van der Waals surface area contributed by atoms with Crippen LogP contribution in [0.5, 0.6) is 5.75 Å². The van der Waals surface area contributed by atoms with Crippen molar-refractivity contribution in [2.24, 2.45) is 0 Å². The Morgan fingerprint density at radius 1 is 1.29 bits per heavy atom. The summed E-state index contributed by atoms with van der Waals surface area (Å²) in [5.74, 6) is 0.162. The molecule has 0 saturated carbocycles. The molecule has 1 aromatic carbocycles. The van der Waals surface area contributed by atoms with Gasteiger partial charge in [0.15, 0.2) is 0 Å². The minimum atomic E-state index is -0.475. The van der Waals surface area contributed by atoms with Crippen LogP contribution in [0.2, 0.25) is 0 Å². The molecule has 0 N–H and O–H groups in total. The van der Waals surface area contributed by atoms with E-state index in [1.54, 1.807) is 25.4 Å². The molecule has 0 fully saturated rings. The molecule has 2 aromatic rings. The number of rotatable bonds is 4. The van der Waals surface area contributed by atoms with Crippen LogP contribution >= 0.6 is 0 Å². The lowest BCUT2D eigenvalue weighted by Gasteiger charge is -2.12. The predicted molar refractivity (Wildman–Crippen MR) is 76.9 cm³/mol. The highest BCUT2D eigenvalue weighted by atomic mass is 16.5. The number of carbonyl (C=O) groups excluding carboxylic acids is 1. The number of aromatic nitrogens is 1. The van der Waals surface area contributed by atoms with Crippen LogP contribution in [0.15, 0.2) is 36.5 Å². The van der Waals surface area contributed by atoms with Crippen molar-refractivity contribution in [2.45, 2.75) is 6.42 Å². The molecule has 0 aliphatic carbocycles. The maximum absolute atomic E-state index is 12.0. The van der Waals surface area contributed by atoms with Gasteiger partial charge in [-0.3, -0.25) is 4.98 Å². The van der Waals surface area contributed by atoms with E-state index in [0.717, 1.165) is 5.56 Å². The quantitative estimate of drug-likeness (QED) is 0.806. The summed E-state index contributed by atoms with van der Waals surface area (Å²) in [6.45, 7) is 0. The van der Waals surface area contributed by atoms with Crippen LogP contribution in [-0.4, -0.2) is 25.2 Å². The molecule has 1 aromatic heterocycles. The van der Waals surface area contributed by atoms with E-state index in [-0.39, 0.29) is 6.42 Å². The Bertz CT molecular complexity index is 705. The standard InChI is InChI=1S/C16H14N2O3/c1-20-15-6-4-3-5-12(15)14-10-18-11(7-8-17)9-13(14)16(19)21-2/h3-6,9-10H,7H2,1-2H3. The van der Waals surface area contributed by atoms with Crippen molar-refractivity contribution in [1.82, 2.24) is 4.98 Å². The van der Waals surface area contributed by atoms with E-state index < -0.39 is 5.97 Å². The van der Waals surface area contributed by atoms with Gasteiger partial charge in [-0.25, -0.2) is 4.79 Å². The maximum Gasteiger partial charge on any atom is 0.338 e. The first kappa shape index (κ1) is 14.5. The van der Waals surface area contributed by atoms with E-state index in [4.69, 9.17) is 14.7 Å². The molecular formula is C16H14N2O3. The maximum atomic E-state index is 12.0. The SMILES string of the molecule is COC(=O)c1cc(CC#N)ncc1-c1ccccc1OC. The molecule has 0 saturated heterocycles. The third-order valence-electron chi connectivity index (χ3n) is 3.02. The molecule has 106 valence electrons. The van der Waals surface area contributed by atoms with Gasteiger partial charge in [0.1, 0.15) is 5.75 Å². The molecule has 0 bridgehead atoms. The Labute approximate surface area is 122 Å². The van der Waals surface area contributed by atoms with Gasteiger partial charge in [-0.05, 0) is 12.1 Å². The van der Waals surface area contributed by atoms with Gasteiger partial charge < -0.3 is 9.47 Å². The molecule has 5 nitrogen and oxygen atoms in total. The average molecular weight is 282 g/mol. The first-order valence-corrected chi connectivity index (χ1v) is 6.28. The van der Waals surface area contributed by atoms with Crippen molar-refractivity contribution in [3.63, 3.8) is 0 Å². The number of ether oxygens (including phenoxy) is 2. The van der Waals surface area contributed by atoms with Crippen molar-refractivity contribution < 1.29 is 14.3 Å². The van der Waals surface area contributed by atoms with Gasteiger partial charge in [0.05, 0.1) is 38.0 Å². The minimum Gasteiger partial charge on any atom is -0.496 e. The van der Waals surface area contributed by atoms with Crippen molar-refractivity contribution in [1.29, 1.82) is 5.26 Å². The zero-order chi connectivity index (χ0) is 15.2. The van der Waals surface area contributed by atoms with Crippen molar-refractivity contribution in [3.8, 4) is 22.9 Å². The fourth-order valence-corrected chi connectivity index (χ4v) is 2.04. The first-order valence-electron chi connectivity index (χ1n) is 6.28. The number of pyridine rings is 1. The zero-order valence-electron chi connectivity index (χ0n) is 11.8. The number of hydrogen-bond donors (Lipinski definition) is 0. The normalized spacial score (nSPS) is 9.76. The van der Waals surface area contributed by atoms with Crippen LogP contribution in [0.3, 0.4) is 0 Å². The summed E-state index contributed by atoms with van der Waals surface area (Å²) >= 11 is 0. The first-order chi connectivity index (χ1) is 10.2. The molecule has 2 rings (SSSR count). The molecule has 0 aliphatic heterocycles. The van der Waals surface area contributed by atoms with Crippen molar-refractivity contribution >= 4 is 5.97 Å². The third kappa shape index (κ3) is 3.00. The van der Waals surface area contributed by atoms with Crippen molar-refractivity contribution in [2.75, 3.05) is 14.2 Å². The van der Waals surface area contributed by atoms with E-state index >= 15 is 0 Å². The monoisotopic (exact) mass is 282 g/mol. The molecule has 1 heterocycles. The number of nitriles is 1. The zero-order valence-corrected chi connectivity index (χ0v) is 11.8. The van der Waals surface area contributed by atoms with Crippen LogP contribution in [0.25, 0.3) is 11.1 Å². The van der Waals surface area contributed by atoms with Crippen LogP contribution in [0.4, 0.5) is 0 Å². The Morgan fingerprint density at radius 3 is 2.71 bits per heavy atom. The molecule has 5 heteroatoms. The molecular weight excluding hydrogens is 268 g/mol. The fourth-order valence-electron chi connectivity index (χ4n) is 2.04. The van der Waals surface area contributed by atoms with Gasteiger partial charge >= 0.3 is 5.97 Å². The lowest BCUT2D eigenvalue weighted by atomic mass is 10.00. The van der Waals surface area contributed by atoms with Crippen molar-refractivity contribution in [3.05, 3.63) is 47.8 Å². The molecule has 0 unspecified atom stereocenters. The highest BCUT2D eigenvalue weighted by Crippen LogP contribution is 2.32. The van der Waals surface area contributed by atoms with E-state index in [0.29, 0.717) is 22.6 Å². The van der Waals surface area contributed by atoms with Gasteiger partial charge in [0.25, 0.3) is 0 Å². The predicted octanol–water partition coefficient (Wildman–Crippen LogP) is 2.61. The minimum absolute atomic E-state index is 0.135. The number of para-hydroxylation sites is 1. The Balaban J connectivity index is 2.62. The Morgan fingerprint density at radius 2 is 2.05 bits per heavy atom. The molecule has 0 aliphatic rings. The molecule has 0 spiro atoms. The number of esters is 1. The van der Waals surface area contributed by atoms with Gasteiger partial charge in [-0.15, -0.1) is 0 Å². The number of benzene rings is 1. The Kier molecular flexibility index (Phi) is 4.52. The molecule has 21 heavy (non-hydrogen) atoms. The van der Waals surface area contributed by atoms with Gasteiger partial charge in [-0.2, -0.15) is 5.26 Å². The largest absolute Gasteiger partial charge is 0.496 e. The van der Waals surface area contributed by atoms with Crippen LogP contribution in [0.1, 0.15) is 16.1 Å². The lowest BCUT2D eigenvalue weighted by molar-refractivity contribution is 0.0601. The molecule has 0 atom stereocenters. The van der Waals surface area contributed by atoms with Gasteiger partial charge in [0.2, 0.25) is 0 Å². The summed E-state index contributed by atoms with van der Waals surface area (Å²) in [6.07, 6.45) is 1.70. The molecule has 0 amide bonds. The van der Waals surface area contributed by atoms with Crippen LogP contribution in [0, 0.1) is 11.3 Å². The topological polar surface area (TPSA) is 72.2 Å². The summed E-state index contributed by atoms with van der Waals surface area (Å²) < 4.78 is 10.1. The summed E-state index contributed by atoms with van der Waals surface area (Å²) in [5, 5.41) is 8.75. The van der Waals surface area contributed by atoms with Gasteiger partial charge in [-0.1, -0.05) is 18.2 Å². The van der Waals surface area contributed by atoms with E-state index in [9.17, 15) is 4.79 Å². The number of methoxy groups -OCH3 is 2. The summed E-state index contributed by atoms with van der Waals surface area (Å²) in [4.78, 5) is 16.2. The van der Waals surface area contributed by atoms with E-state index in [1.807, 2.05) is 24.3 Å². The number of hydrogen-bond acceptors (Lipinski definition) is 5. The highest BCUT2D eigenvalue weighted by molar-refractivity contribution is 5.98. The third-order valence-corrected chi connectivity index (χ3v) is 3.02. The smallest absolute Gasteiger partial charge is 0.338 e. The fraction of sp³-hybridized carbons (Fsp3) is 0.188. The van der Waals surface area contributed by atoms with Gasteiger partial charge in [0, 0.05) is 17.3 Å². The number of carbonyl (C=O) groups is 1. The Hall–Kier alpha value is -2.87. The summed E-state index contributed by atoms with van der Waals surface area (Å²) in [5.41, 5.74) is 2.25. The summed E-state index contributed by atoms with van der Waals surface area (Å²) in [6, 6.07) is 10.9. The summed E-state index contributed by atoms with van der Waals surface area (Å²) in [7, 11) is 2.88. The van der Waals surface area contributed by atoms with Crippen LogP contribution in [-0.2, 0) is 11.2 Å². The van der Waals surface area contributed by atoms with E-state index in [2.05, 4.69) is 4.98 Å². The lowest BCUT2D eigenvalue weighted by Crippen LogP contribution is -2.06. The second-order valence-electron chi connectivity index (χ2n) is 4.25. The average Bonchev–Trinajstić information content (AvgIpc) is 2.54. The molecule has 0 radical (unpaired) electrons. The second-order valence-corrected chi connectivity index (χ2v) is 4.25. The van der Waals surface area contributed by atoms with E-state index in [1.165, 1.54) is 7.11 Å². The van der Waals surface area contributed by atoms with Crippen LogP contribution < -0.4 is 4.74 Å². The highest BCUT2D eigenvalue weighted by Gasteiger charge is 2.17. The number of nitrogens with zero attached hydrogens (tertiary/aromatic N) is 2. The second kappa shape index (κ2) is 6.53.